The molecule has 17 heteroatoms. The number of β-lactam (4-membered cyclic amide) rings is 1. The Morgan fingerprint density at radius 3 is 2.40 bits per heavy atom. The third-order valence-electron chi connectivity index (χ3n) is 8.82. The number of benzene rings is 4. The Bertz CT molecular complexity index is 2420. The molecule has 3 aromatic carbocycles. The fourth-order valence-electron chi connectivity index (χ4n) is 6.01. The van der Waals surface area contributed by atoms with Crippen LogP contribution in [0, 0.1) is 0 Å². The van der Waals surface area contributed by atoms with Gasteiger partial charge in [-0.05, 0) is 78.4 Å². The van der Waals surface area contributed by atoms with Crippen LogP contribution in [0.4, 0.5) is 17.1 Å². The highest BCUT2D eigenvalue weighted by molar-refractivity contribution is 8.01. The summed E-state index contributed by atoms with van der Waals surface area (Å²) in [6.45, 7) is -0.166. The number of azo groups is 1. The van der Waals surface area contributed by atoms with Gasteiger partial charge in [0, 0.05) is 55.2 Å². The fraction of sp³-hybridized carbons (Fsp3) is 0.211. The summed E-state index contributed by atoms with van der Waals surface area (Å²) in [7, 11) is 3.93. The normalized spacial score (nSPS) is 16.6. The molecule has 0 saturated carbocycles. The van der Waals surface area contributed by atoms with Gasteiger partial charge in [0.05, 0.1) is 11.4 Å². The van der Waals surface area contributed by atoms with Gasteiger partial charge in [0.2, 0.25) is 5.91 Å². The zero-order valence-electron chi connectivity index (χ0n) is 29.4. The maximum Gasteiger partial charge on any atom is 0.352 e. The molecule has 3 aromatic rings. The molecule has 1 aliphatic carbocycles. The molecule has 55 heavy (non-hydrogen) atoms. The Kier molecular flexibility index (Phi) is 10.6. The number of fused-ring (bicyclic) bond motifs is 3. The Morgan fingerprint density at radius 2 is 1.71 bits per heavy atom. The Labute approximate surface area is 321 Å². The number of aliphatic carboxylic acids is 1. The molecule has 4 N–H and O–H groups in total. The van der Waals surface area contributed by atoms with E-state index in [1.165, 1.54) is 58.8 Å². The van der Waals surface area contributed by atoms with Gasteiger partial charge in [0.1, 0.15) is 39.6 Å². The second-order valence-corrected chi connectivity index (χ2v) is 14.9. The molecule has 1 fully saturated rings. The first-order valence-corrected chi connectivity index (χ1v) is 19.0. The first-order chi connectivity index (χ1) is 26.5. The van der Waals surface area contributed by atoms with E-state index < -0.39 is 40.5 Å². The Morgan fingerprint density at radius 1 is 1.00 bits per heavy atom. The summed E-state index contributed by atoms with van der Waals surface area (Å²) in [4.78, 5) is 72.6. The van der Waals surface area contributed by atoms with Gasteiger partial charge in [-0.3, -0.25) is 24.1 Å². The van der Waals surface area contributed by atoms with Crippen LogP contribution < -0.4 is 21.0 Å². The smallest absolute Gasteiger partial charge is 0.352 e. The minimum absolute atomic E-state index is 0.0686. The third kappa shape index (κ3) is 7.88. The van der Waals surface area contributed by atoms with Crippen molar-refractivity contribution in [3.8, 4) is 17.2 Å². The number of aromatic hydroxyl groups is 1. The quantitative estimate of drug-likeness (QED) is 0.0563. The highest BCUT2D eigenvalue weighted by atomic mass is 32.2. The number of rotatable bonds is 12. The topological polar surface area (TPSA) is 207 Å². The van der Waals surface area contributed by atoms with E-state index in [1.807, 2.05) is 67.5 Å². The van der Waals surface area contributed by atoms with E-state index >= 15 is 0 Å². The number of carbonyl (C=O) groups is 4. The number of phenols is 1. The number of anilines is 1. The molecule has 3 amide bonds. The van der Waals surface area contributed by atoms with Crippen LogP contribution in [0.1, 0.15) is 16.8 Å². The number of nitrogens with zero attached hydrogens (tertiary/aromatic N) is 5. The van der Waals surface area contributed by atoms with Crippen LogP contribution in [-0.4, -0.2) is 87.3 Å². The first kappa shape index (κ1) is 37.1. The van der Waals surface area contributed by atoms with Gasteiger partial charge < -0.3 is 30.2 Å². The number of phenolic OH excluding ortho intramolecular Hbond substituents is 1. The SMILES string of the molecule is CN(C)c1ccc(N=Nc2ccc(SCC3=C(C(=O)O)N4C(=O)C(NC(=O)CCNC(=O)c5c6oc7cc(O)ccc7nc-6ccc5=O)C4SC3)cc2)cc1. The number of carboxylic acids is 1. The monoisotopic (exact) mass is 779 g/mol. The molecule has 15 nitrogen and oxygen atoms in total. The maximum atomic E-state index is 13.2. The number of thioether (sulfide) groups is 2. The van der Waals surface area contributed by atoms with Crippen LogP contribution in [0.3, 0.4) is 0 Å². The summed E-state index contributed by atoms with van der Waals surface area (Å²) >= 11 is 2.80. The van der Waals surface area contributed by atoms with Crippen molar-refractivity contribution in [1.29, 1.82) is 0 Å². The number of aromatic nitrogens is 1. The summed E-state index contributed by atoms with van der Waals surface area (Å²) in [5.41, 5.74) is 2.87. The molecule has 3 heterocycles. The van der Waals surface area contributed by atoms with Gasteiger partial charge in [0.15, 0.2) is 16.8 Å². The lowest BCUT2D eigenvalue weighted by Gasteiger charge is -2.49. The summed E-state index contributed by atoms with van der Waals surface area (Å²) in [5.74, 6) is -2.56. The molecule has 1 saturated heterocycles. The predicted molar refractivity (Wildman–Crippen MR) is 207 cm³/mol. The molecule has 280 valence electrons. The van der Waals surface area contributed by atoms with Crippen LogP contribution >= 0.6 is 23.5 Å². The van der Waals surface area contributed by atoms with Crippen LogP contribution in [0.15, 0.2) is 114 Å². The fourth-order valence-corrected chi connectivity index (χ4v) is 8.39. The Hall–Kier alpha value is -6.20. The zero-order valence-corrected chi connectivity index (χ0v) is 31.0. The van der Waals surface area contributed by atoms with E-state index in [0.717, 1.165) is 16.3 Å². The standard InChI is InChI=1S/C38H33N7O8S2/c1-44(2)23-7-3-21(4-8-23)42-43-22-5-10-25(11-6-22)54-18-20-19-55-37-32(36(50)45(37)33(20)38(51)52)41-30(48)15-16-39-35(49)31-28(47)14-13-27-34(31)53-29-17-24(46)9-12-26(29)40-27/h3-14,17,32,37,46H,15-16,18-19H2,1-2H3,(H,39,49)(H,41,48)(H,51,52). The van der Waals surface area contributed by atoms with Crippen LogP contribution in [0.25, 0.3) is 22.6 Å². The van der Waals surface area contributed by atoms with Crippen molar-refractivity contribution < 1.29 is 33.8 Å². The van der Waals surface area contributed by atoms with Crippen molar-refractivity contribution >= 4 is 75.4 Å². The van der Waals surface area contributed by atoms with E-state index in [1.54, 1.807) is 0 Å². The van der Waals surface area contributed by atoms with Crippen molar-refractivity contribution in [2.24, 2.45) is 10.2 Å². The first-order valence-electron chi connectivity index (χ1n) is 16.9. The lowest BCUT2D eigenvalue weighted by molar-refractivity contribution is -0.150. The lowest BCUT2D eigenvalue weighted by atomic mass is 10.0. The molecule has 3 aliphatic heterocycles. The number of nitrogens with one attached hydrogen (secondary N) is 2. The van der Waals surface area contributed by atoms with Crippen molar-refractivity contribution in [3.63, 3.8) is 0 Å². The average molecular weight is 780 g/mol. The minimum atomic E-state index is -1.23. The van der Waals surface area contributed by atoms with Crippen LogP contribution in [-0.2, 0) is 14.4 Å². The number of carbonyl (C=O) groups excluding carboxylic acids is 3. The minimum Gasteiger partial charge on any atom is -0.508 e. The second kappa shape index (κ2) is 15.6. The molecule has 0 aromatic heterocycles. The maximum absolute atomic E-state index is 13.2. The molecule has 0 spiro atoms. The highest BCUT2D eigenvalue weighted by Crippen LogP contribution is 2.42. The molecular formula is C38H33N7O8S2. The van der Waals surface area contributed by atoms with E-state index in [-0.39, 0.29) is 47.0 Å². The average Bonchev–Trinajstić information content (AvgIpc) is 3.17. The van der Waals surface area contributed by atoms with Gasteiger partial charge in [-0.15, -0.1) is 23.5 Å². The van der Waals surface area contributed by atoms with Crippen LogP contribution in [0.2, 0.25) is 0 Å². The summed E-state index contributed by atoms with van der Waals surface area (Å²) < 4.78 is 5.77. The molecular weight excluding hydrogens is 747 g/mol. The number of amides is 3. The number of hydrogen-bond acceptors (Lipinski definition) is 13. The van der Waals surface area contributed by atoms with Gasteiger partial charge in [0.25, 0.3) is 11.8 Å². The number of hydrogen-bond donors (Lipinski definition) is 4. The molecule has 2 unspecified atom stereocenters. The third-order valence-corrected chi connectivity index (χ3v) is 11.3. The van der Waals surface area contributed by atoms with E-state index in [4.69, 9.17) is 4.42 Å². The largest absolute Gasteiger partial charge is 0.508 e. The van der Waals surface area contributed by atoms with Crippen molar-refractivity contribution in [3.05, 3.63) is 106 Å². The van der Waals surface area contributed by atoms with E-state index in [0.29, 0.717) is 28.3 Å². The second-order valence-electron chi connectivity index (χ2n) is 12.8. The van der Waals surface area contributed by atoms with Crippen molar-refractivity contribution in [1.82, 2.24) is 20.5 Å². The van der Waals surface area contributed by atoms with Crippen LogP contribution in [0.5, 0.6) is 5.75 Å². The molecule has 0 radical (unpaired) electrons. The number of carboxylic acid groups (broad SMARTS) is 1. The zero-order chi connectivity index (χ0) is 38.8. The highest BCUT2D eigenvalue weighted by Gasteiger charge is 2.54. The summed E-state index contributed by atoms with van der Waals surface area (Å²) in [5, 5.41) is 33.1. The van der Waals surface area contributed by atoms with Gasteiger partial charge in [-0.1, -0.05) is 0 Å². The van der Waals surface area contributed by atoms with Crippen molar-refractivity contribution in [2.75, 3.05) is 37.0 Å². The van der Waals surface area contributed by atoms with Gasteiger partial charge in [-0.25, -0.2) is 9.78 Å². The van der Waals surface area contributed by atoms with Gasteiger partial charge in [-0.2, -0.15) is 10.2 Å². The van der Waals surface area contributed by atoms with E-state index in [2.05, 4.69) is 25.8 Å². The van der Waals surface area contributed by atoms with Crippen molar-refractivity contribution in [2.45, 2.75) is 22.7 Å². The Balaban J connectivity index is 0.923. The molecule has 2 atom stereocenters. The lowest BCUT2D eigenvalue weighted by Crippen LogP contribution is -2.70. The molecule has 4 aliphatic rings. The van der Waals surface area contributed by atoms with Gasteiger partial charge >= 0.3 is 5.97 Å². The molecule has 0 bridgehead atoms. The molecule has 7 rings (SSSR count). The summed E-state index contributed by atoms with van der Waals surface area (Å²) in [6.07, 6.45) is -0.217. The summed E-state index contributed by atoms with van der Waals surface area (Å²) in [6, 6.07) is 21.0. The predicted octanol–water partition coefficient (Wildman–Crippen LogP) is 5.13. The van der Waals surface area contributed by atoms with E-state index in [9.17, 15) is 34.2 Å².